The summed E-state index contributed by atoms with van der Waals surface area (Å²) < 4.78 is 4.27. The third-order valence-corrected chi connectivity index (χ3v) is 2.19. The number of benzene rings is 1. The molecule has 0 amide bonds. The molecule has 0 aliphatic heterocycles. The molecule has 0 fully saturated rings. The van der Waals surface area contributed by atoms with Gasteiger partial charge in [-0.1, -0.05) is 12.1 Å². The number of rotatable bonds is 4. The van der Waals surface area contributed by atoms with Crippen LogP contribution in [0.25, 0.3) is 0 Å². The van der Waals surface area contributed by atoms with E-state index < -0.39 is 41.4 Å². The maximum absolute atomic E-state index is 11.3. The van der Waals surface area contributed by atoms with Crippen LogP contribution < -0.4 is 0 Å². The van der Waals surface area contributed by atoms with Crippen LogP contribution in [0.4, 0.5) is 0 Å². The number of ether oxygens (including phenoxy) is 1. The fourth-order valence-electron chi connectivity index (χ4n) is 1.53. The second-order valence-electron chi connectivity index (χ2n) is 3.59. The minimum atomic E-state index is -1.47. The first-order valence-electron chi connectivity index (χ1n) is 5.12. The molecule has 0 aliphatic carbocycles. The Kier molecular flexibility index (Phi) is 4.36. The number of carbonyl (C=O) groups is 4. The van der Waals surface area contributed by atoms with Gasteiger partial charge in [0.05, 0.1) is 17.5 Å². The molecule has 0 atom stereocenters. The summed E-state index contributed by atoms with van der Waals surface area (Å²) in [5.74, 6) is -4.66. The van der Waals surface area contributed by atoms with Gasteiger partial charge < -0.3 is 14.9 Å². The molecule has 0 spiro atoms. The Morgan fingerprint density at radius 2 is 1.74 bits per heavy atom. The van der Waals surface area contributed by atoms with Crippen LogP contribution in [-0.2, 0) is 20.7 Å². The lowest BCUT2D eigenvalue weighted by molar-refractivity contribution is -0.157. The molecule has 0 heterocycles. The first-order valence-corrected chi connectivity index (χ1v) is 5.12. The van der Waals surface area contributed by atoms with Crippen molar-refractivity contribution in [3.8, 4) is 0 Å². The van der Waals surface area contributed by atoms with E-state index in [9.17, 15) is 19.2 Å². The van der Waals surface area contributed by atoms with E-state index in [2.05, 4.69) is 4.74 Å². The number of carboxylic acids is 2. The lowest BCUT2D eigenvalue weighted by Gasteiger charge is -2.08. The van der Waals surface area contributed by atoms with Crippen molar-refractivity contribution >= 4 is 23.9 Å². The second kappa shape index (κ2) is 5.76. The van der Waals surface area contributed by atoms with E-state index in [4.69, 9.17) is 10.2 Å². The fraction of sp³-hybridized carbons (Fsp3) is 0.167. The molecule has 0 saturated heterocycles. The number of hydrogen-bond acceptors (Lipinski definition) is 5. The van der Waals surface area contributed by atoms with Gasteiger partial charge >= 0.3 is 23.9 Å². The third-order valence-electron chi connectivity index (χ3n) is 2.19. The molecular formula is C12H10O7. The van der Waals surface area contributed by atoms with Crippen molar-refractivity contribution < 1.29 is 34.1 Å². The zero-order valence-electron chi connectivity index (χ0n) is 9.87. The summed E-state index contributed by atoms with van der Waals surface area (Å²) in [5, 5.41) is 17.9. The SMILES string of the molecule is CC(=O)OC(=O)Cc1cccc(C(=O)O)c1C(=O)O. The zero-order valence-corrected chi connectivity index (χ0v) is 9.87. The standard InChI is InChI=1S/C12H10O7/c1-6(13)19-9(14)5-7-3-2-4-8(11(15)16)10(7)12(17)18/h2-4H,5H2,1H3,(H,15,16)(H,17,18). The third kappa shape index (κ3) is 3.63. The minimum Gasteiger partial charge on any atom is -0.478 e. The Morgan fingerprint density at radius 3 is 2.21 bits per heavy atom. The van der Waals surface area contributed by atoms with E-state index in [-0.39, 0.29) is 5.56 Å². The van der Waals surface area contributed by atoms with Gasteiger partial charge in [0.2, 0.25) is 0 Å². The van der Waals surface area contributed by atoms with Gasteiger partial charge in [-0.05, 0) is 11.6 Å². The lowest BCUT2D eigenvalue weighted by Crippen LogP contribution is -2.16. The second-order valence-corrected chi connectivity index (χ2v) is 3.59. The molecule has 0 bridgehead atoms. The Labute approximate surface area is 107 Å². The summed E-state index contributed by atoms with van der Waals surface area (Å²) in [7, 11) is 0. The average molecular weight is 266 g/mol. The molecular weight excluding hydrogens is 256 g/mol. The predicted octanol–water partition coefficient (Wildman–Crippen LogP) is 0.715. The van der Waals surface area contributed by atoms with Crippen molar-refractivity contribution in [3.05, 3.63) is 34.9 Å². The number of carboxylic acid groups (broad SMARTS) is 2. The molecule has 0 saturated carbocycles. The van der Waals surface area contributed by atoms with Gasteiger partial charge in [-0.2, -0.15) is 0 Å². The Morgan fingerprint density at radius 1 is 1.11 bits per heavy atom. The molecule has 0 aromatic heterocycles. The molecule has 100 valence electrons. The van der Waals surface area contributed by atoms with Crippen molar-refractivity contribution in [1.29, 1.82) is 0 Å². The highest BCUT2D eigenvalue weighted by Gasteiger charge is 2.21. The van der Waals surface area contributed by atoms with Crippen LogP contribution in [0.15, 0.2) is 18.2 Å². The predicted molar refractivity (Wildman–Crippen MR) is 60.8 cm³/mol. The number of esters is 2. The van der Waals surface area contributed by atoms with Gasteiger partial charge in [0, 0.05) is 6.92 Å². The Hall–Kier alpha value is -2.70. The van der Waals surface area contributed by atoms with Crippen molar-refractivity contribution in [2.24, 2.45) is 0 Å². The van der Waals surface area contributed by atoms with E-state index in [1.54, 1.807) is 0 Å². The molecule has 0 unspecified atom stereocenters. The molecule has 1 aromatic rings. The summed E-state index contributed by atoms with van der Waals surface area (Å²) >= 11 is 0. The highest BCUT2D eigenvalue weighted by atomic mass is 16.6. The van der Waals surface area contributed by atoms with E-state index in [1.807, 2.05) is 0 Å². The molecule has 0 radical (unpaired) electrons. The topological polar surface area (TPSA) is 118 Å². The molecule has 1 rings (SSSR count). The van der Waals surface area contributed by atoms with Crippen LogP contribution in [-0.4, -0.2) is 34.1 Å². The monoisotopic (exact) mass is 266 g/mol. The summed E-state index contributed by atoms with van der Waals surface area (Å²) in [6.45, 7) is 1.03. The lowest BCUT2D eigenvalue weighted by atomic mass is 9.99. The normalized spacial score (nSPS) is 9.74. The van der Waals surface area contributed by atoms with Crippen LogP contribution in [0.1, 0.15) is 33.2 Å². The molecule has 7 heteroatoms. The van der Waals surface area contributed by atoms with Gasteiger partial charge in [-0.3, -0.25) is 9.59 Å². The first kappa shape index (κ1) is 14.4. The maximum Gasteiger partial charge on any atom is 0.336 e. The highest BCUT2D eigenvalue weighted by molar-refractivity contribution is 6.03. The molecule has 2 N–H and O–H groups in total. The van der Waals surface area contributed by atoms with Crippen LogP contribution in [0.5, 0.6) is 0 Å². The Bertz CT molecular complexity index is 559. The summed E-state index contributed by atoms with van der Waals surface area (Å²) in [4.78, 5) is 43.9. The summed E-state index contributed by atoms with van der Waals surface area (Å²) in [6, 6.07) is 3.72. The van der Waals surface area contributed by atoms with Crippen molar-refractivity contribution in [3.63, 3.8) is 0 Å². The van der Waals surface area contributed by atoms with Crippen LogP contribution >= 0.6 is 0 Å². The maximum atomic E-state index is 11.3. The van der Waals surface area contributed by atoms with Gasteiger partial charge in [0.25, 0.3) is 0 Å². The van der Waals surface area contributed by atoms with Gasteiger partial charge in [0.1, 0.15) is 0 Å². The first-order chi connectivity index (χ1) is 8.82. The van der Waals surface area contributed by atoms with Crippen molar-refractivity contribution in [1.82, 2.24) is 0 Å². The molecule has 1 aromatic carbocycles. The van der Waals surface area contributed by atoms with Gasteiger partial charge in [0.15, 0.2) is 0 Å². The highest BCUT2D eigenvalue weighted by Crippen LogP contribution is 2.16. The molecule has 19 heavy (non-hydrogen) atoms. The quantitative estimate of drug-likeness (QED) is 0.608. The summed E-state index contributed by atoms with van der Waals surface area (Å²) in [5.41, 5.74) is -0.949. The zero-order chi connectivity index (χ0) is 14.6. The van der Waals surface area contributed by atoms with Crippen LogP contribution in [0, 0.1) is 0 Å². The van der Waals surface area contributed by atoms with E-state index in [0.29, 0.717) is 0 Å². The van der Waals surface area contributed by atoms with E-state index in [0.717, 1.165) is 13.0 Å². The Balaban J connectivity index is 3.17. The molecule has 7 nitrogen and oxygen atoms in total. The summed E-state index contributed by atoms with van der Waals surface area (Å²) in [6.07, 6.45) is -0.498. The smallest absolute Gasteiger partial charge is 0.336 e. The average Bonchev–Trinajstić information content (AvgIpc) is 2.26. The van der Waals surface area contributed by atoms with Crippen molar-refractivity contribution in [2.45, 2.75) is 13.3 Å². The number of carbonyl (C=O) groups excluding carboxylic acids is 2. The number of aromatic carboxylic acids is 2. The fourth-order valence-corrected chi connectivity index (χ4v) is 1.53. The number of hydrogen-bond donors (Lipinski definition) is 2. The van der Waals surface area contributed by atoms with Crippen molar-refractivity contribution in [2.75, 3.05) is 0 Å². The van der Waals surface area contributed by atoms with E-state index >= 15 is 0 Å². The van der Waals surface area contributed by atoms with E-state index in [1.165, 1.54) is 12.1 Å². The van der Waals surface area contributed by atoms with Crippen LogP contribution in [0.3, 0.4) is 0 Å². The largest absolute Gasteiger partial charge is 0.478 e. The van der Waals surface area contributed by atoms with Gasteiger partial charge in [-0.25, -0.2) is 9.59 Å². The minimum absolute atomic E-state index is 0.0290. The van der Waals surface area contributed by atoms with Crippen LogP contribution in [0.2, 0.25) is 0 Å². The molecule has 0 aliphatic rings. The van der Waals surface area contributed by atoms with Gasteiger partial charge in [-0.15, -0.1) is 0 Å².